The Hall–Kier alpha value is -2.37. The van der Waals surface area contributed by atoms with E-state index >= 15 is 0 Å². The molecule has 0 atom stereocenters. The number of nitrogens with one attached hydrogen (secondary N) is 2. The summed E-state index contributed by atoms with van der Waals surface area (Å²) in [6, 6.07) is 7.30. The number of carbonyl (C=O) groups excluding carboxylic acids is 3. The van der Waals surface area contributed by atoms with Crippen molar-refractivity contribution in [2.24, 2.45) is 5.92 Å². The molecule has 0 unspecified atom stereocenters. The van der Waals surface area contributed by atoms with Gasteiger partial charge in [-0.1, -0.05) is 56.4 Å². The summed E-state index contributed by atoms with van der Waals surface area (Å²) in [7, 11) is 0. The standard InChI is InChI=1S/C22H31N3O3/c1-22(2)20(27)25(21(28)24-22)15-18-10-8-17(9-11-18)14-23-19(26)13-12-16-6-4-3-5-7-16/h8-11,16H,3-7,12-15H2,1-2H3,(H,23,26)(H,24,28). The van der Waals surface area contributed by atoms with E-state index < -0.39 is 5.54 Å². The monoisotopic (exact) mass is 385 g/mol. The van der Waals surface area contributed by atoms with Crippen molar-refractivity contribution in [3.63, 3.8) is 0 Å². The number of amides is 4. The zero-order valence-electron chi connectivity index (χ0n) is 16.9. The average molecular weight is 386 g/mol. The number of nitrogens with zero attached hydrogens (tertiary/aromatic N) is 1. The van der Waals surface area contributed by atoms with E-state index in [2.05, 4.69) is 10.6 Å². The molecule has 1 aliphatic carbocycles. The van der Waals surface area contributed by atoms with Crippen molar-refractivity contribution in [2.75, 3.05) is 0 Å². The van der Waals surface area contributed by atoms with Crippen LogP contribution in [-0.2, 0) is 22.7 Å². The largest absolute Gasteiger partial charge is 0.352 e. The molecule has 0 bridgehead atoms. The second kappa shape index (κ2) is 8.76. The lowest BCUT2D eigenvalue weighted by atomic mass is 9.86. The minimum atomic E-state index is -0.848. The fraction of sp³-hybridized carbons (Fsp3) is 0.591. The molecule has 2 N–H and O–H groups in total. The maximum Gasteiger partial charge on any atom is 0.325 e. The minimum absolute atomic E-state index is 0.108. The molecular formula is C22H31N3O3. The Morgan fingerprint density at radius 3 is 2.36 bits per heavy atom. The first-order valence-electron chi connectivity index (χ1n) is 10.3. The molecule has 3 rings (SSSR count). The molecule has 1 aromatic carbocycles. The quantitative estimate of drug-likeness (QED) is 0.705. The van der Waals surface area contributed by atoms with E-state index in [0.29, 0.717) is 18.9 Å². The molecule has 152 valence electrons. The number of urea groups is 1. The molecule has 2 aliphatic rings. The molecule has 1 aliphatic heterocycles. The Kier molecular flexibility index (Phi) is 6.37. The number of imide groups is 1. The van der Waals surface area contributed by atoms with Gasteiger partial charge in [0.2, 0.25) is 5.91 Å². The summed E-state index contributed by atoms with van der Waals surface area (Å²) in [6.07, 6.45) is 8.08. The van der Waals surface area contributed by atoms with Gasteiger partial charge in [0.25, 0.3) is 5.91 Å². The van der Waals surface area contributed by atoms with Crippen LogP contribution in [0.2, 0.25) is 0 Å². The zero-order valence-corrected chi connectivity index (χ0v) is 16.9. The molecule has 1 aromatic rings. The van der Waals surface area contributed by atoms with Crippen molar-refractivity contribution in [3.05, 3.63) is 35.4 Å². The zero-order chi connectivity index (χ0) is 20.1. The Labute approximate surface area is 167 Å². The molecule has 6 nitrogen and oxygen atoms in total. The number of hydrogen-bond donors (Lipinski definition) is 2. The van der Waals surface area contributed by atoms with Crippen LogP contribution in [0.3, 0.4) is 0 Å². The predicted octanol–water partition coefficient (Wildman–Crippen LogP) is 3.49. The van der Waals surface area contributed by atoms with Crippen molar-refractivity contribution in [2.45, 2.75) is 77.4 Å². The van der Waals surface area contributed by atoms with Crippen LogP contribution < -0.4 is 10.6 Å². The Morgan fingerprint density at radius 2 is 1.75 bits per heavy atom. The van der Waals surface area contributed by atoms with E-state index in [9.17, 15) is 14.4 Å². The third-order valence-corrected chi connectivity index (χ3v) is 5.80. The van der Waals surface area contributed by atoms with Crippen LogP contribution in [0.15, 0.2) is 24.3 Å². The number of carbonyl (C=O) groups is 3. The first-order chi connectivity index (χ1) is 13.3. The molecule has 1 saturated carbocycles. The molecule has 0 spiro atoms. The summed E-state index contributed by atoms with van der Waals surface area (Å²) in [6.45, 7) is 4.16. The lowest BCUT2D eigenvalue weighted by molar-refractivity contribution is -0.130. The lowest BCUT2D eigenvalue weighted by Crippen LogP contribution is -2.40. The topological polar surface area (TPSA) is 78.5 Å². The second-order valence-corrected chi connectivity index (χ2v) is 8.58. The van der Waals surface area contributed by atoms with Crippen molar-refractivity contribution in [1.82, 2.24) is 15.5 Å². The van der Waals surface area contributed by atoms with Crippen LogP contribution in [0, 0.1) is 5.92 Å². The van der Waals surface area contributed by atoms with Crippen LogP contribution in [-0.4, -0.2) is 28.3 Å². The molecule has 1 heterocycles. The Balaban J connectivity index is 1.43. The van der Waals surface area contributed by atoms with E-state index in [-0.39, 0.29) is 24.4 Å². The van der Waals surface area contributed by atoms with E-state index in [1.807, 2.05) is 24.3 Å². The second-order valence-electron chi connectivity index (χ2n) is 8.58. The highest BCUT2D eigenvalue weighted by atomic mass is 16.2. The van der Waals surface area contributed by atoms with Crippen LogP contribution in [0.4, 0.5) is 4.79 Å². The predicted molar refractivity (Wildman–Crippen MR) is 107 cm³/mol. The minimum Gasteiger partial charge on any atom is -0.352 e. The molecule has 2 fully saturated rings. The van der Waals surface area contributed by atoms with Crippen molar-refractivity contribution >= 4 is 17.8 Å². The highest BCUT2D eigenvalue weighted by molar-refractivity contribution is 6.06. The van der Waals surface area contributed by atoms with E-state index in [1.54, 1.807) is 13.8 Å². The fourth-order valence-electron chi connectivity index (χ4n) is 4.01. The van der Waals surface area contributed by atoms with Gasteiger partial charge in [-0.25, -0.2) is 4.79 Å². The van der Waals surface area contributed by atoms with Gasteiger partial charge in [0.05, 0.1) is 6.54 Å². The van der Waals surface area contributed by atoms with Gasteiger partial charge in [0, 0.05) is 13.0 Å². The van der Waals surface area contributed by atoms with Crippen LogP contribution in [0.5, 0.6) is 0 Å². The summed E-state index contributed by atoms with van der Waals surface area (Å²) in [5, 5.41) is 5.67. The molecule has 4 amide bonds. The number of rotatable bonds is 7. The molecule has 1 saturated heterocycles. The van der Waals surface area contributed by atoms with Crippen molar-refractivity contribution in [1.29, 1.82) is 0 Å². The van der Waals surface area contributed by atoms with Crippen molar-refractivity contribution in [3.8, 4) is 0 Å². The lowest BCUT2D eigenvalue weighted by Gasteiger charge is -2.21. The van der Waals surface area contributed by atoms with E-state index in [1.165, 1.54) is 37.0 Å². The van der Waals surface area contributed by atoms with Gasteiger partial charge in [-0.2, -0.15) is 0 Å². The van der Waals surface area contributed by atoms with Crippen molar-refractivity contribution < 1.29 is 14.4 Å². The van der Waals surface area contributed by atoms with Crippen LogP contribution in [0.1, 0.15) is 69.9 Å². The first kappa shape index (κ1) is 20.4. The fourth-order valence-corrected chi connectivity index (χ4v) is 4.01. The summed E-state index contributed by atoms with van der Waals surface area (Å²) in [4.78, 5) is 37.6. The third-order valence-electron chi connectivity index (χ3n) is 5.80. The normalized spacial score (nSPS) is 19.6. The highest BCUT2D eigenvalue weighted by Crippen LogP contribution is 2.27. The SMILES string of the molecule is CC1(C)NC(=O)N(Cc2ccc(CNC(=O)CCC3CCCCC3)cc2)C1=O. The molecular weight excluding hydrogens is 354 g/mol. The van der Waals surface area contributed by atoms with Gasteiger partial charge in [-0.3, -0.25) is 14.5 Å². The molecule has 0 radical (unpaired) electrons. The maximum absolute atomic E-state index is 12.3. The molecule has 6 heteroatoms. The smallest absolute Gasteiger partial charge is 0.325 e. The van der Waals surface area contributed by atoms with Gasteiger partial charge < -0.3 is 10.6 Å². The van der Waals surface area contributed by atoms with Gasteiger partial charge in [-0.15, -0.1) is 0 Å². The summed E-state index contributed by atoms with van der Waals surface area (Å²) in [5.41, 5.74) is 1.04. The Morgan fingerprint density at radius 1 is 1.11 bits per heavy atom. The average Bonchev–Trinajstić information content (AvgIpc) is 2.88. The van der Waals surface area contributed by atoms with Gasteiger partial charge >= 0.3 is 6.03 Å². The summed E-state index contributed by atoms with van der Waals surface area (Å²) in [5.74, 6) is 0.609. The summed E-state index contributed by atoms with van der Waals surface area (Å²) >= 11 is 0. The van der Waals surface area contributed by atoms with Gasteiger partial charge in [0.1, 0.15) is 5.54 Å². The van der Waals surface area contributed by atoms with E-state index in [0.717, 1.165) is 17.5 Å². The van der Waals surface area contributed by atoms with Crippen LogP contribution in [0.25, 0.3) is 0 Å². The Bertz CT molecular complexity index is 721. The van der Waals surface area contributed by atoms with Gasteiger partial charge in [0.15, 0.2) is 0 Å². The highest BCUT2D eigenvalue weighted by Gasteiger charge is 2.43. The molecule has 28 heavy (non-hydrogen) atoms. The first-order valence-corrected chi connectivity index (χ1v) is 10.3. The number of hydrogen-bond acceptors (Lipinski definition) is 3. The van der Waals surface area contributed by atoms with E-state index in [4.69, 9.17) is 0 Å². The third kappa shape index (κ3) is 5.12. The maximum atomic E-state index is 12.3. The summed E-state index contributed by atoms with van der Waals surface area (Å²) < 4.78 is 0. The molecule has 0 aromatic heterocycles. The van der Waals surface area contributed by atoms with Gasteiger partial charge in [-0.05, 0) is 37.3 Å². The number of benzene rings is 1. The van der Waals surface area contributed by atoms with Crippen LogP contribution >= 0.6 is 0 Å².